The lowest BCUT2D eigenvalue weighted by Crippen LogP contribution is -2.29. The number of carbonyl (C=O) groups is 2. The number of hydrogen-bond donors (Lipinski definition) is 0. The Balaban J connectivity index is 1.50. The number of nitrogens with zero attached hydrogens (tertiary/aromatic N) is 6. The summed E-state index contributed by atoms with van der Waals surface area (Å²) in [5.74, 6) is -0.452. The molecule has 32 heavy (non-hydrogen) atoms. The standard InChI is InChI=1S/C21H17FN6O4/c1-31-18(16(10-22)25-27-23)12-6-8-13(9-7-12)19-24-17(26-32-19)11-28-20(29)14-4-2-3-5-15(14)21(28)30/h2-9,16,18H,10-11H2,1H3/t16-,18-/m1/s1. The number of alkyl halides is 1. The van der Waals surface area contributed by atoms with E-state index in [-0.39, 0.29) is 18.3 Å². The average molecular weight is 436 g/mol. The number of halogens is 1. The lowest BCUT2D eigenvalue weighted by atomic mass is 10.0. The van der Waals surface area contributed by atoms with Crippen LogP contribution in [0.15, 0.2) is 58.2 Å². The van der Waals surface area contributed by atoms with Crippen molar-refractivity contribution in [2.75, 3.05) is 13.8 Å². The Morgan fingerprint density at radius 1 is 1.16 bits per heavy atom. The van der Waals surface area contributed by atoms with Gasteiger partial charge in [0.15, 0.2) is 5.82 Å². The van der Waals surface area contributed by atoms with Crippen LogP contribution in [0.25, 0.3) is 21.9 Å². The third-order valence-corrected chi connectivity index (χ3v) is 5.09. The first kappa shape index (κ1) is 21.2. The predicted molar refractivity (Wildman–Crippen MR) is 109 cm³/mol. The molecule has 2 atom stereocenters. The molecule has 2 aromatic carbocycles. The van der Waals surface area contributed by atoms with Crippen molar-refractivity contribution in [2.24, 2.45) is 5.11 Å². The van der Waals surface area contributed by atoms with Gasteiger partial charge in [-0.25, -0.2) is 0 Å². The molecule has 0 bridgehead atoms. The molecule has 0 unspecified atom stereocenters. The third-order valence-electron chi connectivity index (χ3n) is 5.09. The summed E-state index contributed by atoms with van der Waals surface area (Å²) in [5, 5.41) is 7.30. The van der Waals surface area contributed by atoms with Crippen molar-refractivity contribution in [3.63, 3.8) is 0 Å². The van der Waals surface area contributed by atoms with Crippen molar-refractivity contribution in [2.45, 2.75) is 18.7 Å². The molecule has 162 valence electrons. The maximum Gasteiger partial charge on any atom is 0.261 e. The Morgan fingerprint density at radius 3 is 2.38 bits per heavy atom. The fourth-order valence-corrected chi connectivity index (χ4v) is 3.53. The summed E-state index contributed by atoms with van der Waals surface area (Å²) < 4.78 is 23.8. The molecule has 0 N–H and O–H groups in total. The highest BCUT2D eigenvalue weighted by atomic mass is 19.1. The van der Waals surface area contributed by atoms with Gasteiger partial charge < -0.3 is 9.26 Å². The maximum atomic E-state index is 13.2. The van der Waals surface area contributed by atoms with Crippen molar-refractivity contribution in [3.8, 4) is 11.5 Å². The minimum atomic E-state index is -0.995. The maximum absolute atomic E-state index is 13.2. The highest BCUT2D eigenvalue weighted by molar-refractivity contribution is 6.21. The van der Waals surface area contributed by atoms with Gasteiger partial charge in [-0.2, -0.15) is 4.98 Å². The number of ether oxygens (including phenoxy) is 1. The van der Waals surface area contributed by atoms with Gasteiger partial charge in [0.05, 0.1) is 29.8 Å². The molecule has 0 fully saturated rings. The van der Waals surface area contributed by atoms with Gasteiger partial charge >= 0.3 is 0 Å². The average Bonchev–Trinajstić information content (AvgIpc) is 3.39. The quantitative estimate of drug-likeness (QED) is 0.228. The van der Waals surface area contributed by atoms with Crippen molar-refractivity contribution in [1.82, 2.24) is 15.0 Å². The number of azide groups is 1. The van der Waals surface area contributed by atoms with E-state index in [2.05, 4.69) is 20.2 Å². The number of fused-ring (bicyclic) bond motifs is 1. The highest BCUT2D eigenvalue weighted by Gasteiger charge is 2.36. The summed E-state index contributed by atoms with van der Waals surface area (Å²) >= 11 is 0. The second-order valence-corrected chi connectivity index (χ2v) is 6.96. The summed E-state index contributed by atoms with van der Waals surface area (Å²) in [5.41, 5.74) is 10.5. The van der Waals surface area contributed by atoms with E-state index in [0.29, 0.717) is 22.3 Å². The molecule has 1 aliphatic heterocycles. The van der Waals surface area contributed by atoms with Crippen molar-refractivity contribution in [3.05, 3.63) is 81.5 Å². The van der Waals surface area contributed by atoms with Gasteiger partial charge in [-0.3, -0.25) is 18.9 Å². The largest absolute Gasteiger partial charge is 0.376 e. The second-order valence-electron chi connectivity index (χ2n) is 6.96. The molecule has 0 radical (unpaired) electrons. The number of hydrogen-bond acceptors (Lipinski definition) is 7. The summed E-state index contributed by atoms with van der Waals surface area (Å²) in [6.45, 7) is -0.987. The lowest BCUT2D eigenvalue weighted by molar-refractivity contribution is 0.0637. The number of imide groups is 1. The lowest BCUT2D eigenvalue weighted by Gasteiger charge is -2.20. The highest BCUT2D eigenvalue weighted by Crippen LogP contribution is 2.27. The van der Waals surface area contributed by atoms with Crippen LogP contribution in [0, 0.1) is 0 Å². The summed E-state index contributed by atoms with van der Waals surface area (Å²) in [7, 11) is 1.40. The van der Waals surface area contributed by atoms with E-state index >= 15 is 0 Å². The number of benzene rings is 2. The Kier molecular flexibility index (Phi) is 5.93. The molecule has 2 heterocycles. The molecular weight excluding hydrogens is 419 g/mol. The van der Waals surface area contributed by atoms with Crippen LogP contribution in [0.1, 0.15) is 38.2 Å². The number of aromatic nitrogens is 2. The number of methoxy groups -OCH3 is 1. The molecule has 4 rings (SSSR count). The monoisotopic (exact) mass is 436 g/mol. The van der Waals surface area contributed by atoms with Gasteiger partial charge in [-0.05, 0) is 35.4 Å². The van der Waals surface area contributed by atoms with Gasteiger partial charge in [0, 0.05) is 17.6 Å². The molecule has 2 amide bonds. The van der Waals surface area contributed by atoms with Crippen LogP contribution < -0.4 is 0 Å². The predicted octanol–water partition coefficient (Wildman–Crippen LogP) is 3.87. The summed E-state index contributed by atoms with van der Waals surface area (Å²) in [4.78, 5) is 33.0. The molecule has 0 saturated carbocycles. The van der Waals surface area contributed by atoms with Crippen LogP contribution in [0.5, 0.6) is 0 Å². The smallest absolute Gasteiger partial charge is 0.261 e. The minimum absolute atomic E-state index is 0.121. The molecule has 0 spiro atoms. The van der Waals surface area contributed by atoms with E-state index in [4.69, 9.17) is 14.8 Å². The zero-order chi connectivity index (χ0) is 22.7. The van der Waals surface area contributed by atoms with Crippen LogP contribution in [-0.4, -0.2) is 46.7 Å². The van der Waals surface area contributed by atoms with Crippen LogP contribution in [0.2, 0.25) is 0 Å². The van der Waals surface area contributed by atoms with Crippen molar-refractivity contribution in [1.29, 1.82) is 0 Å². The van der Waals surface area contributed by atoms with E-state index in [9.17, 15) is 14.0 Å². The molecule has 0 saturated heterocycles. The first-order chi connectivity index (χ1) is 15.6. The SMILES string of the molecule is CO[C@H](c1ccc(-c2nc(CN3C(=O)c4ccccc4C3=O)no2)cc1)[C@@H](CF)N=[N+]=[N-]. The van der Waals surface area contributed by atoms with Gasteiger partial charge in [-0.1, -0.05) is 34.5 Å². The van der Waals surface area contributed by atoms with E-state index in [1.54, 1.807) is 48.5 Å². The van der Waals surface area contributed by atoms with Gasteiger partial charge in [0.2, 0.25) is 0 Å². The molecule has 1 aromatic heterocycles. The zero-order valence-corrected chi connectivity index (χ0v) is 16.9. The van der Waals surface area contributed by atoms with Crippen molar-refractivity contribution >= 4 is 11.8 Å². The Bertz CT molecular complexity index is 1170. The number of rotatable bonds is 8. The molecule has 1 aliphatic rings. The third kappa shape index (κ3) is 3.82. The van der Waals surface area contributed by atoms with Crippen molar-refractivity contribution < 1.29 is 23.2 Å². The molecular formula is C21H17FN6O4. The fraction of sp³-hybridized carbons (Fsp3) is 0.238. The van der Waals surface area contributed by atoms with E-state index in [0.717, 1.165) is 4.90 Å². The second kappa shape index (κ2) is 8.96. The van der Waals surface area contributed by atoms with E-state index in [1.165, 1.54) is 7.11 Å². The van der Waals surface area contributed by atoms with Crippen LogP contribution in [-0.2, 0) is 11.3 Å². The topological polar surface area (TPSA) is 134 Å². The minimum Gasteiger partial charge on any atom is -0.376 e. The summed E-state index contributed by atoms with van der Waals surface area (Å²) in [6.07, 6.45) is -0.753. The van der Waals surface area contributed by atoms with Gasteiger partial charge in [0.1, 0.15) is 6.67 Å². The van der Waals surface area contributed by atoms with Crippen LogP contribution in [0.3, 0.4) is 0 Å². The number of carbonyl (C=O) groups excluding carboxylic acids is 2. The van der Waals surface area contributed by atoms with E-state index in [1.807, 2.05) is 0 Å². The van der Waals surface area contributed by atoms with Gasteiger partial charge in [-0.15, -0.1) is 0 Å². The normalized spacial score (nSPS) is 14.8. The Labute approximate surface area is 181 Å². The van der Waals surface area contributed by atoms with Gasteiger partial charge in [0.25, 0.3) is 17.7 Å². The zero-order valence-electron chi connectivity index (χ0n) is 16.9. The first-order valence-electron chi connectivity index (χ1n) is 9.58. The molecule has 3 aromatic rings. The number of amides is 2. The van der Waals surface area contributed by atoms with E-state index < -0.39 is 30.6 Å². The van der Waals surface area contributed by atoms with Crippen LogP contribution in [0.4, 0.5) is 4.39 Å². The van der Waals surface area contributed by atoms with Crippen LogP contribution >= 0.6 is 0 Å². The summed E-state index contributed by atoms with van der Waals surface area (Å²) in [6, 6.07) is 12.3. The fourth-order valence-electron chi connectivity index (χ4n) is 3.53. The Hall–Kier alpha value is -4.08. The molecule has 11 heteroatoms. The Morgan fingerprint density at radius 2 is 1.81 bits per heavy atom. The molecule has 0 aliphatic carbocycles. The molecule has 10 nitrogen and oxygen atoms in total. The first-order valence-corrected chi connectivity index (χ1v) is 9.58.